The minimum Gasteiger partial charge on any atom is -0.497 e. The van der Waals surface area contributed by atoms with Crippen LogP contribution in [0, 0.1) is 5.82 Å². The molecule has 0 spiro atoms. The second-order valence-electron chi connectivity index (χ2n) is 3.27. The molecule has 1 heterocycles. The summed E-state index contributed by atoms with van der Waals surface area (Å²) < 4.78 is 19.7. The largest absolute Gasteiger partial charge is 0.497 e. The van der Waals surface area contributed by atoms with Gasteiger partial charge in [0.15, 0.2) is 5.69 Å². The van der Waals surface area contributed by atoms with Crippen LogP contribution in [0.4, 0.5) is 4.39 Å². The number of aromatic nitrogens is 2. The van der Waals surface area contributed by atoms with Crippen LogP contribution in [0.5, 0.6) is 5.75 Å². The van der Waals surface area contributed by atoms with E-state index in [4.69, 9.17) is 9.84 Å². The van der Waals surface area contributed by atoms with E-state index < -0.39 is 11.8 Å². The monoisotopic (exact) mass is 236 g/mol. The summed E-state index contributed by atoms with van der Waals surface area (Å²) in [7, 11) is 1.46. The van der Waals surface area contributed by atoms with E-state index in [0.29, 0.717) is 5.75 Å². The Kier molecular flexibility index (Phi) is 2.78. The SMILES string of the molecule is COc1ccc(F)c(-n2ccc(C(=O)O)n2)c1. The van der Waals surface area contributed by atoms with Gasteiger partial charge in [0.25, 0.3) is 0 Å². The fraction of sp³-hybridized carbons (Fsp3) is 0.0909. The predicted molar refractivity (Wildman–Crippen MR) is 57.0 cm³/mol. The van der Waals surface area contributed by atoms with Crippen molar-refractivity contribution in [3.05, 3.63) is 42.0 Å². The van der Waals surface area contributed by atoms with Gasteiger partial charge in [-0.1, -0.05) is 0 Å². The van der Waals surface area contributed by atoms with E-state index >= 15 is 0 Å². The lowest BCUT2D eigenvalue weighted by atomic mass is 10.3. The molecule has 0 radical (unpaired) electrons. The summed E-state index contributed by atoms with van der Waals surface area (Å²) in [5.41, 5.74) is -0.0101. The highest BCUT2D eigenvalue weighted by Gasteiger charge is 2.11. The molecule has 0 amide bonds. The number of hydrogen-bond donors (Lipinski definition) is 1. The van der Waals surface area contributed by atoms with Crippen molar-refractivity contribution in [3.63, 3.8) is 0 Å². The lowest BCUT2D eigenvalue weighted by Gasteiger charge is -2.05. The summed E-state index contributed by atoms with van der Waals surface area (Å²) in [4.78, 5) is 10.7. The molecule has 0 saturated heterocycles. The predicted octanol–water partition coefficient (Wildman–Crippen LogP) is 1.72. The summed E-state index contributed by atoms with van der Waals surface area (Å²) in [5, 5.41) is 12.5. The maximum absolute atomic E-state index is 13.5. The number of carboxylic acid groups (broad SMARTS) is 1. The summed E-state index contributed by atoms with van der Waals surface area (Å²) in [6.07, 6.45) is 1.38. The van der Waals surface area contributed by atoms with Crippen molar-refractivity contribution in [2.45, 2.75) is 0 Å². The molecule has 0 aliphatic heterocycles. The van der Waals surface area contributed by atoms with Crippen LogP contribution in [0.1, 0.15) is 10.5 Å². The van der Waals surface area contributed by atoms with Crippen molar-refractivity contribution >= 4 is 5.97 Å². The molecular weight excluding hydrogens is 227 g/mol. The third-order valence-corrected chi connectivity index (χ3v) is 2.21. The lowest BCUT2D eigenvalue weighted by Crippen LogP contribution is -2.03. The van der Waals surface area contributed by atoms with Gasteiger partial charge in [0.1, 0.15) is 17.3 Å². The van der Waals surface area contributed by atoms with Crippen LogP contribution in [0.2, 0.25) is 0 Å². The first-order chi connectivity index (χ1) is 8.11. The number of carbonyl (C=O) groups is 1. The van der Waals surface area contributed by atoms with Gasteiger partial charge in [-0.25, -0.2) is 13.9 Å². The van der Waals surface area contributed by atoms with Crippen molar-refractivity contribution in [1.82, 2.24) is 9.78 Å². The quantitative estimate of drug-likeness (QED) is 0.881. The standard InChI is InChI=1S/C11H9FN2O3/c1-17-7-2-3-8(12)10(6-7)14-5-4-9(13-14)11(15)16/h2-6H,1H3,(H,15,16). The van der Waals surface area contributed by atoms with E-state index in [1.54, 1.807) is 0 Å². The first-order valence-electron chi connectivity index (χ1n) is 4.74. The van der Waals surface area contributed by atoms with Crippen LogP contribution in [0.15, 0.2) is 30.5 Å². The minimum atomic E-state index is -1.16. The third kappa shape index (κ3) is 2.10. The van der Waals surface area contributed by atoms with Crippen LogP contribution >= 0.6 is 0 Å². The number of rotatable bonds is 3. The summed E-state index contributed by atoms with van der Waals surface area (Å²) in [5.74, 6) is -1.20. The molecular formula is C11H9FN2O3. The number of nitrogens with zero attached hydrogens (tertiary/aromatic N) is 2. The van der Waals surface area contributed by atoms with E-state index in [9.17, 15) is 9.18 Å². The molecule has 0 saturated carbocycles. The topological polar surface area (TPSA) is 64.3 Å². The van der Waals surface area contributed by atoms with E-state index in [1.165, 1.54) is 37.6 Å². The second kappa shape index (κ2) is 4.25. The van der Waals surface area contributed by atoms with E-state index in [0.717, 1.165) is 4.68 Å². The Balaban J connectivity index is 2.47. The molecule has 0 aliphatic carbocycles. The highest BCUT2D eigenvalue weighted by molar-refractivity contribution is 5.85. The van der Waals surface area contributed by atoms with Crippen LogP contribution in [0.25, 0.3) is 5.69 Å². The molecule has 2 rings (SSSR count). The highest BCUT2D eigenvalue weighted by Crippen LogP contribution is 2.19. The normalized spacial score (nSPS) is 10.2. The number of carboxylic acids is 1. The highest BCUT2D eigenvalue weighted by atomic mass is 19.1. The van der Waals surface area contributed by atoms with Gasteiger partial charge in [-0.2, -0.15) is 5.10 Å². The summed E-state index contributed by atoms with van der Waals surface area (Å²) in [6.45, 7) is 0. The fourth-order valence-corrected chi connectivity index (χ4v) is 1.37. The number of aromatic carboxylic acids is 1. The van der Waals surface area contributed by atoms with Gasteiger partial charge in [0.2, 0.25) is 0 Å². The van der Waals surface area contributed by atoms with Gasteiger partial charge < -0.3 is 9.84 Å². The Morgan fingerprint density at radius 3 is 2.82 bits per heavy atom. The maximum Gasteiger partial charge on any atom is 0.356 e. The van der Waals surface area contributed by atoms with Crippen molar-refractivity contribution in [1.29, 1.82) is 0 Å². The summed E-state index contributed by atoms with van der Waals surface area (Å²) in [6, 6.07) is 5.44. The molecule has 2 aromatic rings. The molecule has 88 valence electrons. The number of halogens is 1. The van der Waals surface area contributed by atoms with Crippen molar-refractivity contribution in [2.24, 2.45) is 0 Å². The molecule has 0 bridgehead atoms. The molecule has 0 aliphatic rings. The molecule has 6 heteroatoms. The van der Waals surface area contributed by atoms with E-state index in [2.05, 4.69) is 5.10 Å². The average molecular weight is 236 g/mol. The molecule has 17 heavy (non-hydrogen) atoms. The Hall–Kier alpha value is -2.37. The van der Waals surface area contributed by atoms with Gasteiger partial charge in [0.05, 0.1) is 7.11 Å². The Bertz CT molecular complexity index is 566. The number of methoxy groups -OCH3 is 1. The van der Waals surface area contributed by atoms with Gasteiger partial charge in [-0.05, 0) is 18.2 Å². The first kappa shape index (κ1) is 11.1. The molecule has 1 N–H and O–H groups in total. The summed E-state index contributed by atoms with van der Waals surface area (Å²) >= 11 is 0. The molecule has 1 aromatic carbocycles. The Labute approximate surface area is 96.1 Å². The number of benzene rings is 1. The molecule has 0 atom stereocenters. The maximum atomic E-state index is 13.5. The lowest BCUT2D eigenvalue weighted by molar-refractivity contribution is 0.0690. The van der Waals surface area contributed by atoms with Crippen LogP contribution in [-0.4, -0.2) is 28.0 Å². The van der Waals surface area contributed by atoms with Gasteiger partial charge in [0, 0.05) is 12.3 Å². The van der Waals surface area contributed by atoms with Crippen molar-refractivity contribution < 1.29 is 19.0 Å². The van der Waals surface area contributed by atoms with Crippen molar-refractivity contribution in [3.8, 4) is 11.4 Å². The fourth-order valence-electron chi connectivity index (χ4n) is 1.37. The van der Waals surface area contributed by atoms with Gasteiger partial charge in [-0.3, -0.25) is 0 Å². The zero-order chi connectivity index (χ0) is 12.4. The van der Waals surface area contributed by atoms with Crippen LogP contribution in [0.3, 0.4) is 0 Å². The smallest absolute Gasteiger partial charge is 0.356 e. The van der Waals surface area contributed by atoms with Crippen LogP contribution < -0.4 is 4.74 Å². The Morgan fingerprint density at radius 1 is 1.47 bits per heavy atom. The minimum absolute atomic E-state index is 0.136. The Morgan fingerprint density at radius 2 is 2.24 bits per heavy atom. The van der Waals surface area contributed by atoms with Crippen molar-refractivity contribution in [2.75, 3.05) is 7.11 Å². The average Bonchev–Trinajstić information content (AvgIpc) is 2.79. The zero-order valence-corrected chi connectivity index (χ0v) is 8.92. The zero-order valence-electron chi connectivity index (χ0n) is 8.92. The number of hydrogen-bond acceptors (Lipinski definition) is 3. The number of ether oxygens (including phenoxy) is 1. The second-order valence-corrected chi connectivity index (χ2v) is 3.27. The van der Waals surface area contributed by atoms with Crippen LogP contribution in [-0.2, 0) is 0 Å². The van der Waals surface area contributed by atoms with Gasteiger partial charge >= 0.3 is 5.97 Å². The van der Waals surface area contributed by atoms with E-state index in [1.807, 2.05) is 0 Å². The molecule has 0 fully saturated rings. The van der Waals surface area contributed by atoms with E-state index in [-0.39, 0.29) is 11.4 Å². The molecule has 0 unspecified atom stereocenters. The molecule has 1 aromatic heterocycles. The first-order valence-corrected chi connectivity index (χ1v) is 4.74. The molecule has 5 nitrogen and oxygen atoms in total. The third-order valence-electron chi connectivity index (χ3n) is 2.21. The van der Waals surface area contributed by atoms with Gasteiger partial charge in [-0.15, -0.1) is 0 Å².